The molecular weight excluding hydrogens is 236 g/mol. The van der Waals surface area contributed by atoms with Gasteiger partial charge in [0.1, 0.15) is 6.54 Å². The highest BCUT2D eigenvalue weighted by molar-refractivity contribution is 5.90. The Labute approximate surface area is 105 Å². The van der Waals surface area contributed by atoms with Crippen molar-refractivity contribution in [3.63, 3.8) is 0 Å². The molecule has 7 heteroatoms. The Kier molecular flexibility index (Phi) is 5.86. The average molecular weight is 254 g/mol. The Morgan fingerprint density at radius 1 is 1.39 bits per heavy atom. The molecule has 1 heterocycles. The molecule has 7 nitrogen and oxygen atoms in total. The molecule has 1 aromatic heterocycles. The van der Waals surface area contributed by atoms with Gasteiger partial charge in [-0.1, -0.05) is 6.42 Å². The molecule has 0 unspecified atom stereocenters. The lowest BCUT2D eigenvalue weighted by atomic mass is 10.2. The number of rotatable bonds is 8. The number of carbonyl (C=O) groups is 2. The fourth-order valence-electron chi connectivity index (χ4n) is 1.48. The Bertz CT molecular complexity index is 403. The number of nitrogens with zero attached hydrogens (tertiary/aromatic N) is 2. The van der Waals surface area contributed by atoms with Crippen LogP contribution in [0.1, 0.15) is 25.7 Å². The monoisotopic (exact) mass is 254 g/mol. The van der Waals surface area contributed by atoms with E-state index in [1.165, 1.54) is 17.1 Å². The zero-order valence-electron chi connectivity index (χ0n) is 10.1. The Morgan fingerprint density at radius 2 is 2.17 bits per heavy atom. The number of carboxylic acids is 1. The maximum Gasteiger partial charge on any atom is 0.325 e. The highest BCUT2D eigenvalue weighted by Gasteiger charge is 2.06. The van der Waals surface area contributed by atoms with Crippen LogP contribution in [0.15, 0.2) is 12.4 Å². The van der Waals surface area contributed by atoms with Crippen LogP contribution >= 0.6 is 0 Å². The van der Waals surface area contributed by atoms with Crippen LogP contribution < -0.4 is 11.1 Å². The van der Waals surface area contributed by atoms with Gasteiger partial charge >= 0.3 is 5.97 Å². The van der Waals surface area contributed by atoms with Gasteiger partial charge < -0.3 is 16.2 Å². The normalized spacial score (nSPS) is 10.3. The molecule has 0 aliphatic heterocycles. The van der Waals surface area contributed by atoms with Crippen molar-refractivity contribution in [2.75, 3.05) is 11.9 Å². The summed E-state index contributed by atoms with van der Waals surface area (Å²) in [7, 11) is 0. The fourth-order valence-corrected chi connectivity index (χ4v) is 1.48. The van der Waals surface area contributed by atoms with Crippen LogP contribution in [0.4, 0.5) is 5.69 Å². The third kappa shape index (κ3) is 5.44. The molecule has 0 aliphatic carbocycles. The van der Waals surface area contributed by atoms with Crippen molar-refractivity contribution in [3.05, 3.63) is 12.4 Å². The van der Waals surface area contributed by atoms with Gasteiger partial charge in [-0.2, -0.15) is 5.10 Å². The molecular formula is C11H18N4O3. The average Bonchev–Trinajstić information content (AvgIpc) is 2.71. The van der Waals surface area contributed by atoms with Crippen LogP contribution in [0, 0.1) is 0 Å². The molecule has 0 fully saturated rings. The van der Waals surface area contributed by atoms with Crippen LogP contribution in [-0.4, -0.2) is 33.3 Å². The lowest BCUT2D eigenvalue weighted by molar-refractivity contribution is -0.137. The molecule has 1 aromatic rings. The predicted molar refractivity (Wildman–Crippen MR) is 66.0 cm³/mol. The number of aliphatic carboxylic acids is 1. The molecule has 0 aliphatic rings. The summed E-state index contributed by atoms with van der Waals surface area (Å²) in [4.78, 5) is 22.0. The summed E-state index contributed by atoms with van der Waals surface area (Å²) in [6.45, 7) is 0.427. The van der Waals surface area contributed by atoms with Crippen LogP contribution in [0.3, 0.4) is 0 Å². The minimum atomic E-state index is -0.974. The van der Waals surface area contributed by atoms with Gasteiger partial charge in [-0.05, 0) is 19.4 Å². The number of unbranched alkanes of at least 4 members (excludes halogenated alkanes) is 2. The zero-order chi connectivity index (χ0) is 13.4. The fraction of sp³-hybridized carbons (Fsp3) is 0.545. The molecule has 0 bridgehead atoms. The number of carbonyl (C=O) groups excluding carboxylic acids is 1. The number of carboxylic acid groups (broad SMARTS) is 1. The minimum absolute atomic E-state index is 0.0955. The second-order valence-corrected chi connectivity index (χ2v) is 3.97. The molecule has 0 aromatic carbocycles. The van der Waals surface area contributed by atoms with E-state index in [9.17, 15) is 9.59 Å². The van der Waals surface area contributed by atoms with E-state index in [2.05, 4.69) is 10.4 Å². The maximum atomic E-state index is 11.5. The molecule has 18 heavy (non-hydrogen) atoms. The van der Waals surface area contributed by atoms with Crippen LogP contribution in [0.5, 0.6) is 0 Å². The van der Waals surface area contributed by atoms with E-state index in [4.69, 9.17) is 10.8 Å². The van der Waals surface area contributed by atoms with E-state index < -0.39 is 5.97 Å². The molecule has 1 rings (SSSR count). The van der Waals surface area contributed by atoms with Crippen molar-refractivity contribution >= 4 is 17.6 Å². The van der Waals surface area contributed by atoms with E-state index in [0.29, 0.717) is 18.7 Å². The quantitative estimate of drug-likeness (QED) is 0.582. The molecule has 0 radical (unpaired) electrons. The number of hydrogen-bond acceptors (Lipinski definition) is 4. The predicted octanol–water partition coefficient (Wildman–Crippen LogP) is 0.425. The third-order valence-corrected chi connectivity index (χ3v) is 2.32. The number of aromatic nitrogens is 2. The van der Waals surface area contributed by atoms with Crippen molar-refractivity contribution in [1.29, 1.82) is 0 Å². The van der Waals surface area contributed by atoms with Gasteiger partial charge in [0, 0.05) is 12.6 Å². The first-order valence-corrected chi connectivity index (χ1v) is 5.86. The molecule has 1 amide bonds. The Hall–Kier alpha value is -1.89. The first-order chi connectivity index (χ1) is 8.61. The lowest BCUT2D eigenvalue weighted by Crippen LogP contribution is -2.11. The highest BCUT2D eigenvalue weighted by atomic mass is 16.4. The van der Waals surface area contributed by atoms with Gasteiger partial charge in [-0.25, -0.2) is 0 Å². The second kappa shape index (κ2) is 7.44. The summed E-state index contributed by atoms with van der Waals surface area (Å²) < 4.78 is 1.26. The molecule has 100 valence electrons. The van der Waals surface area contributed by atoms with Crippen molar-refractivity contribution in [1.82, 2.24) is 9.78 Å². The SMILES string of the molecule is NCCCCCC(=O)Nc1cnn(CC(=O)O)c1. The van der Waals surface area contributed by atoms with Gasteiger partial charge in [-0.3, -0.25) is 14.3 Å². The van der Waals surface area contributed by atoms with Crippen LogP contribution in [0.2, 0.25) is 0 Å². The second-order valence-electron chi connectivity index (χ2n) is 3.97. The number of nitrogens with two attached hydrogens (primary N) is 1. The summed E-state index contributed by atoms with van der Waals surface area (Å²) in [5.41, 5.74) is 5.87. The summed E-state index contributed by atoms with van der Waals surface area (Å²) in [6.07, 6.45) is 6.01. The number of amides is 1. The molecule has 0 atom stereocenters. The van der Waals surface area contributed by atoms with E-state index in [1.807, 2.05) is 0 Å². The summed E-state index contributed by atoms with van der Waals surface area (Å²) in [5.74, 6) is -1.07. The third-order valence-electron chi connectivity index (χ3n) is 2.32. The van der Waals surface area contributed by atoms with Crippen molar-refractivity contribution in [2.45, 2.75) is 32.2 Å². The summed E-state index contributed by atoms with van der Waals surface area (Å²) in [5, 5.41) is 15.1. The van der Waals surface area contributed by atoms with Crippen LogP contribution in [-0.2, 0) is 16.1 Å². The van der Waals surface area contributed by atoms with Crippen LogP contribution in [0.25, 0.3) is 0 Å². The van der Waals surface area contributed by atoms with E-state index in [1.54, 1.807) is 0 Å². The van der Waals surface area contributed by atoms with Gasteiger partial charge in [0.15, 0.2) is 0 Å². The molecule has 0 saturated carbocycles. The van der Waals surface area contributed by atoms with Gasteiger partial charge in [0.05, 0.1) is 11.9 Å². The standard InChI is InChI=1S/C11H18N4O3/c12-5-3-1-2-4-10(16)14-9-6-13-15(7-9)8-11(17)18/h6-7H,1-5,8,12H2,(H,14,16)(H,17,18). The Balaban J connectivity index is 2.31. The topological polar surface area (TPSA) is 110 Å². The summed E-state index contributed by atoms with van der Waals surface area (Å²) in [6, 6.07) is 0. The van der Waals surface area contributed by atoms with Gasteiger partial charge in [0.25, 0.3) is 0 Å². The van der Waals surface area contributed by atoms with Crippen molar-refractivity contribution in [2.24, 2.45) is 5.73 Å². The first-order valence-electron chi connectivity index (χ1n) is 5.86. The Morgan fingerprint density at radius 3 is 2.83 bits per heavy atom. The van der Waals surface area contributed by atoms with Crippen molar-refractivity contribution in [3.8, 4) is 0 Å². The van der Waals surface area contributed by atoms with Gasteiger partial charge in [0.2, 0.25) is 5.91 Å². The molecule has 0 spiro atoms. The van der Waals surface area contributed by atoms with Crippen molar-refractivity contribution < 1.29 is 14.7 Å². The zero-order valence-corrected chi connectivity index (χ0v) is 10.1. The molecule has 0 saturated heterocycles. The first kappa shape index (κ1) is 14.2. The lowest BCUT2D eigenvalue weighted by Gasteiger charge is -2.01. The number of hydrogen-bond donors (Lipinski definition) is 3. The molecule has 4 N–H and O–H groups in total. The maximum absolute atomic E-state index is 11.5. The smallest absolute Gasteiger partial charge is 0.325 e. The van der Waals surface area contributed by atoms with E-state index >= 15 is 0 Å². The van der Waals surface area contributed by atoms with Gasteiger partial charge in [-0.15, -0.1) is 0 Å². The highest BCUT2D eigenvalue weighted by Crippen LogP contribution is 2.07. The summed E-state index contributed by atoms with van der Waals surface area (Å²) >= 11 is 0. The van der Waals surface area contributed by atoms with E-state index in [-0.39, 0.29) is 12.5 Å². The largest absolute Gasteiger partial charge is 0.480 e. The number of anilines is 1. The van der Waals surface area contributed by atoms with E-state index in [0.717, 1.165) is 19.3 Å². The number of nitrogens with one attached hydrogen (secondary N) is 1. The minimum Gasteiger partial charge on any atom is -0.480 e.